The Morgan fingerprint density at radius 3 is 2.62 bits per heavy atom. The molecule has 0 unspecified atom stereocenters. The summed E-state index contributed by atoms with van der Waals surface area (Å²) in [4.78, 5) is 26.1. The summed E-state index contributed by atoms with van der Waals surface area (Å²) in [6.07, 6.45) is 0.690. The number of rotatable bonds is 5. The second kappa shape index (κ2) is 7.95. The van der Waals surface area contributed by atoms with Crippen LogP contribution in [0.4, 0.5) is 14.5 Å². The topological polar surface area (TPSA) is 49.4 Å². The number of anilines is 1. The number of amides is 2. The van der Waals surface area contributed by atoms with Crippen molar-refractivity contribution in [3.63, 3.8) is 0 Å². The fraction of sp³-hybridized carbons (Fsp3) is 0.263. The van der Waals surface area contributed by atoms with Crippen molar-refractivity contribution < 1.29 is 18.4 Å². The van der Waals surface area contributed by atoms with Gasteiger partial charge in [0.05, 0.1) is 11.6 Å². The second-order valence-corrected chi connectivity index (χ2v) is 7.15. The monoisotopic (exact) mass is 422 g/mol. The van der Waals surface area contributed by atoms with Crippen LogP contribution in [0, 0.1) is 17.6 Å². The summed E-state index contributed by atoms with van der Waals surface area (Å²) in [5.74, 6) is -1.83. The molecule has 26 heavy (non-hydrogen) atoms. The van der Waals surface area contributed by atoms with Crippen molar-refractivity contribution in [1.82, 2.24) is 4.90 Å². The highest BCUT2D eigenvalue weighted by Crippen LogP contribution is 2.23. The highest BCUT2D eigenvalue weighted by atomic mass is 79.9. The molecule has 0 saturated carbocycles. The SMILES string of the molecule is O=C(Nc1ccc(Br)cc1F)[C@H]1CC(=O)N(CCc2ccc(F)cc2)C1. The third kappa shape index (κ3) is 4.46. The van der Waals surface area contributed by atoms with Gasteiger partial charge in [0, 0.05) is 24.0 Å². The van der Waals surface area contributed by atoms with Gasteiger partial charge in [-0.05, 0) is 42.3 Å². The van der Waals surface area contributed by atoms with E-state index in [1.54, 1.807) is 23.1 Å². The lowest BCUT2D eigenvalue weighted by Crippen LogP contribution is -2.30. The molecule has 4 nitrogen and oxygen atoms in total. The molecule has 1 N–H and O–H groups in total. The quantitative estimate of drug-likeness (QED) is 0.797. The molecular weight excluding hydrogens is 406 g/mol. The van der Waals surface area contributed by atoms with Gasteiger partial charge in [0.15, 0.2) is 0 Å². The minimum absolute atomic E-state index is 0.0930. The number of carbonyl (C=O) groups is 2. The molecule has 0 radical (unpaired) electrons. The van der Waals surface area contributed by atoms with Gasteiger partial charge in [-0.1, -0.05) is 28.1 Å². The average Bonchev–Trinajstić information content (AvgIpc) is 2.98. The van der Waals surface area contributed by atoms with Crippen molar-refractivity contribution in [3.8, 4) is 0 Å². The number of hydrogen-bond acceptors (Lipinski definition) is 2. The molecule has 7 heteroatoms. The fourth-order valence-electron chi connectivity index (χ4n) is 2.90. The molecule has 1 saturated heterocycles. The van der Waals surface area contributed by atoms with Crippen LogP contribution in [-0.4, -0.2) is 29.8 Å². The Morgan fingerprint density at radius 1 is 1.19 bits per heavy atom. The number of nitrogens with one attached hydrogen (secondary N) is 1. The van der Waals surface area contributed by atoms with E-state index in [9.17, 15) is 18.4 Å². The molecule has 136 valence electrons. The van der Waals surface area contributed by atoms with E-state index in [0.29, 0.717) is 24.0 Å². The number of halogens is 3. The Morgan fingerprint density at radius 2 is 1.92 bits per heavy atom. The van der Waals surface area contributed by atoms with Gasteiger partial charge in [0.1, 0.15) is 11.6 Å². The molecule has 2 aromatic rings. The maximum Gasteiger partial charge on any atom is 0.229 e. The molecule has 3 rings (SSSR count). The van der Waals surface area contributed by atoms with Crippen molar-refractivity contribution in [1.29, 1.82) is 0 Å². The Hall–Kier alpha value is -2.28. The van der Waals surface area contributed by atoms with Gasteiger partial charge < -0.3 is 10.2 Å². The molecule has 1 fully saturated rings. The zero-order chi connectivity index (χ0) is 18.7. The van der Waals surface area contributed by atoms with Crippen molar-refractivity contribution in [3.05, 3.63) is 64.1 Å². The van der Waals surface area contributed by atoms with Crippen LogP contribution >= 0.6 is 15.9 Å². The number of benzene rings is 2. The van der Waals surface area contributed by atoms with Crippen molar-refractivity contribution in [2.75, 3.05) is 18.4 Å². The van der Waals surface area contributed by atoms with E-state index >= 15 is 0 Å². The van der Waals surface area contributed by atoms with Crippen molar-refractivity contribution in [2.24, 2.45) is 5.92 Å². The Labute approximate surface area is 158 Å². The number of likely N-dealkylation sites (tertiary alicyclic amines) is 1. The van der Waals surface area contributed by atoms with Crippen LogP contribution in [0.2, 0.25) is 0 Å². The molecule has 2 aromatic carbocycles. The molecule has 0 spiro atoms. The predicted molar refractivity (Wildman–Crippen MR) is 97.5 cm³/mol. The molecule has 2 amide bonds. The summed E-state index contributed by atoms with van der Waals surface area (Å²) in [5, 5.41) is 2.55. The summed E-state index contributed by atoms with van der Waals surface area (Å²) >= 11 is 3.16. The summed E-state index contributed by atoms with van der Waals surface area (Å²) in [7, 11) is 0. The fourth-order valence-corrected chi connectivity index (χ4v) is 3.24. The smallest absolute Gasteiger partial charge is 0.229 e. The average molecular weight is 423 g/mol. The van der Waals surface area contributed by atoms with Crippen LogP contribution in [0.15, 0.2) is 46.9 Å². The van der Waals surface area contributed by atoms with Crippen molar-refractivity contribution >= 4 is 33.4 Å². The minimum atomic E-state index is -0.537. The van der Waals surface area contributed by atoms with Gasteiger partial charge in [-0.2, -0.15) is 0 Å². The number of nitrogens with zero attached hydrogens (tertiary/aromatic N) is 1. The molecule has 1 aliphatic rings. The maximum absolute atomic E-state index is 13.8. The maximum atomic E-state index is 13.8. The van der Waals surface area contributed by atoms with E-state index in [1.807, 2.05) is 0 Å². The van der Waals surface area contributed by atoms with Crippen LogP contribution in [0.25, 0.3) is 0 Å². The number of carbonyl (C=O) groups excluding carboxylic acids is 2. The lowest BCUT2D eigenvalue weighted by atomic mass is 10.1. The first-order chi connectivity index (χ1) is 12.4. The Balaban J connectivity index is 1.56. The Kier molecular flexibility index (Phi) is 5.66. The lowest BCUT2D eigenvalue weighted by Gasteiger charge is -2.16. The zero-order valence-electron chi connectivity index (χ0n) is 13.8. The molecule has 0 bridgehead atoms. The third-order valence-corrected chi connectivity index (χ3v) is 4.85. The summed E-state index contributed by atoms with van der Waals surface area (Å²) in [6.45, 7) is 0.755. The third-order valence-electron chi connectivity index (χ3n) is 4.36. The highest BCUT2D eigenvalue weighted by Gasteiger charge is 2.34. The molecule has 1 atom stereocenters. The second-order valence-electron chi connectivity index (χ2n) is 6.23. The molecular formula is C19H17BrF2N2O2. The summed E-state index contributed by atoms with van der Waals surface area (Å²) in [6, 6.07) is 10.5. The highest BCUT2D eigenvalue weighted by molar-refractivity contribution is 9.10. The predicted octanol–water partition coefficient (Wildman–Crippen LogP) is 3.76. The van der Waals surface area contributed by atoms with Crippen LogP contribution in [0.5, 0.6) is 0 Å². The largest absolute Gasteiger partial charge is 0.342 e. The minimum Gasteiger partial charge on any atom is -0.342 e. The van der Waals surface area contributed by atoms with E-state index < -0.39 is 11.7 Å². The first kappa shape index (κ1) is 18.5. The first-order valence-corrected chi connectivity index (χ1v) is 9.00. The van der Waals surface area contributed by atoms with E-state index in [2.05, 4.69) is 21.2 Å². The van der Waals surface area contributed by atoms with Crippen LogP contribution in [0.1, 0.15) is 12.0 Å². The van der Waals surface area contributed by atoms with Gasteiger partial charge in [-0.3, -0.25) is 9.59 Å². The van der Waals surface area contributed by atoms with E-state index in [4.69, 9.17) is 0 Å². The standard InChI is InChI=1S/C19H17BrF2N2O2/c20-14-3-6-17(16(22)10-14)23-19(26)13-9-18(25)24(11-13)8-7-12-1-4-15(21)5-2-12/h1-6,10,13H,7-9,11H2,(H,23,26)/t13-/m0/s1. The van der Waals surface area contributed by atoms with E-state index in [0.717, 1.165) is 5.56 Å². The first-order valence-electron chi connectivity index (χ1n) is 8.20. The van der Waals surface area contributed by atoms with Gasteiger partial charge in [0.25, 0.3) is 0 Å². The normalized spacial score (nSPS) is 16.8. The van der Waals surface area contributed by atoms with Crippen LogP contribution in [0.3, 0.4) is 0 Å². The van der Waals surface area contributed by atoms with E-state index in [1.165, 1.54) is 24.3 Å². The van der Waals surface area contributed by atoms with Crippen LogP contribution in [-0.2, 0) is 16.0 Å². The molecule has 0 aliphatic carbocycles. The van der Waals surface area contributed by atoms with Gasteiger partial charge in [-0.25, -0.2) is 8.78 Å². The molecule has 0 aromatic heterocycles. The number of hydrogen-bond donors (Lipinski definition) is 1. The van der Waals surface area contributed by atoms with Crippen LogP contribution < -0.4 is 5.32 Å². The molecule has 1 heterocycles. The van der Waals surface area contributed by atoms with Gasteiger partial charge >= 0.3 is 0 Å². The zero-order valence-corrected chi connectivity index (χ0v) is 15.4. The lowest BCUT2D eigenvalue weighted by molar-refractivity contribution is -0.128. The van der Waals surface area contributed by atoms with Gasteiger partial charge in [-0.15, -0.1) is 0 Å². The van der Waals surface area contributed by atoms with Crippen molar-refractivity contribution in [2.45, 2.75) is 12.8 Å². The van der Waals surface area contributed by atoms with E-state index in [-0.39, 0.29) is 29.7 Å². The summed E-state index contributed by atoms with van der Waals surface area (Å²) in [5.41, 5.74) is 1.01. The Bertz CT molecular complexity index is 827. The molecule has 1 aliphatic heterocycles. The summed E-state index contributed by atoms with van der Waals surface area (Å²) < 4.78 is 27.3. The van der Waals surface area contributed by atoms with Gasteiger partial charge in [0.2, 0.25) is 11.8 Å².